The van der Waals surface area contributed by atoms with Crippen LogP contribution in [0, 0.1) is 5.92 Å². The predicted molar refractivity (Wildman–Crippen MR) is 113 cm³/mol. The van der Waals surface area contributed by atoms with E-state index in [1.54, 1.807) is 0 Å². The Labute approximate surface area is 182 Å². The molecule has 2 heterocycles. The molecular formula is C21H29N3O6S. The fourth-order valence-corrected chi connectivity index (χ4v) is 5.28. The number of ether oxygens (including phenoxy) is 2. The van der Waals surface area contributed by atoms with Gasteiger partial charge >= 0.3 is 6.03 Å². The molecule has 1 aromatic rings. The van der Waals surface area contributed by atoms with Gasteiger partial charge in [-0.05, 0) is 56.2 Å². The summed E-state index contributed by atoms with van der Waals surface area (Å²) in [6, 6.07) is 4.78. The topological polar surface area (TPSA) is 114 Å². The number of hydrogen-bond donors (Lipinski definition) is 2. The Morgan fingerprint density at radius 3 is 2.71 bits per heavy atom. The number of carbonyl (C=O) groups is 2. The van der Waals surface area contributed by atoms with Gasteiger partial charge in [0.05, 0.1) is 5.75 Å². The van der Waals surface area contributed by atoms with Crippen LogP contribution in [0.4, 0.5) is 4.79 Å². The number of amides is 3. The Hall–Kier alpha value is -2.33. The highest BCUT2D eigenvalue weighted by molar-refractivity contribution is 7.89. The summed E-state index contributed by atoms with van der Waals surface area (Å²) >= 11 is 0. The molecule has 31 heavy (non-hydrogen) atoms. The Morgan fingerprint density at radius 2 is 2.00 bits per heavy atom. The molecular weight excluding hydrogens is 422 g/mol. The van der Waals surface area contributed by atoms with Crippen molar-refractivity contribution in [3.8, 4) is 11.5 Å². The lowest BCUT2D eigenvalue weighted by Gasteiger charge is -2.27. The van der Waals surface area contributed by atoms with Crippen molar-refractivity contribution in [3.05, 3.63) is 23.8 Å². The first-order chi connectivity index (χ1) is 14.8. The highest BCUT2D eigenvalue weighted by Crippen LogP contribution is 2.41. The van der Waals surface area contributed by atoms with Gasteiger partial charge in [0.1, 0.15) is 19.3 Å². The molecule has 3 amide bonds. The van der Waals surface area contributed by atoms with Crippen molar-refractivity contribution in [1.82, 2.24) is 14.9 Å². The van der Waals surface area contributed by atoms with Gasteiger partial charge in [0, 0.05) is 12.6 Å². The minimum absolute atomic E-state index is 0.0107. The lowest BCUT2D eigenvalue weighted by atomic mass is 10.1. The van der Waals surface area contributed by atoms with Crippen LogP contribution in [0.1, 0.15) is 50.6 Å². The smallest absolute Gasteiger partial charge is 0.324 e. The Morgan fingerprint density at radius 1 is 1.19 bits per heavy atom. The van der Waals surface area contributed by atoms with Crippen molar-refractivity contribution in [3.63, 3.8) is 0 Å². The van der Waals surface area contributed by atoms with Gasteiger partial charge in [0.2, 0.25) is 15.9 Å². The molecule has 1 saturated carbocycles. The monoisotopic (exact) mass is 451 g/mol. The average molecular weight is 452 g/mol. The van der Waals surface area contributed by atoms with Crippen LogP contribution in [0.2, 0.25) is 0 Å². The molecule has 2 atom stereocenters. The van der Waals surface area contributed by atoms with Crippen molar-refractivity contribution in [2.24, 2.45) is 5.92 Å². The summed E-state index contributed by atoms with van der Waals surface area (Å²) in [5, 5.41) is 2.22. The van der Waals surface area contributed by atoms with E-state index in [0.717, 1.165) is 5.56 Å². The summed E-state index contributed by atoms with van der Waals surface area (Å²) in [6.45, 7) is 2.90. The SMILES string of the molecule is C[C@@H](NS(=O)(=O)CCCCCN1CC(=O)NC1=O)c1ccc2c(c1)OC(C1CC1)CO2. The Kier molecular flexibility index (Phi) is 6.38. The Balaban J connectivity index is 1.23. The van der Waals surface area contributed by atoms with Gasteiger partial charge in [-0.1, -0.05) is 12.5 Å². The highest BCUT2D eigenvalue weighted by atomic mass is 32.2. The number of nitrogens with one attached hydrogen (secondary N) is 2. The molecule has 2 N–H and O–H groups in total. The molecule has 1 aromatic carbocycles. The van der Waals surface area contributed by atoms with Gasteiger partial charge < -0.3 is 14.4 Å². The fourth-order valence-electron chi connectivity index (χ4n) is 3.91. The zero-order chi connectivity index (χ0) is 22.0. The molecule has 2 fully saturated rings. The van der Waals surface area contributed by atoms with Crippen LogP contribution >= 0.6 is 0 Å². The molecule has 1 unspecified atom stereocenters. The second kappa shape index (κ2) is 9.04. The maximum atomic E-state index is 12.5. The van der Waals surface area contributed by atoms with Crippen molar-refractivity contribution in [2.75, 3.05) is 25.4 Å². The van der Waals surface area contributed by atoms with Gasteiger partial charge in [-0.15, -0.1) is 0 Å². The molecule has 0 bridgehead atoms. The summed E-state index contributed by atoms with van der Waals surface area (Å²) < 4.78 is 39.5. The number of imide groups is 1. The zero-order valence-electron chi connectivity index (χ0n) is 17.6. The first-order valence-electron chi connectivity index (χ1n) is 10.8. The maximum Gasteiger partial charge on any atom is 0.324 e. The van der Waals surface area contributed by atoms with E-state index in [1.807, 2.05) is 25.1 Å². The molecule has 10 heteroatoms. The van der Waals surface area contributed by atoms with Crippen LogP contribution in [0.3, 0.4) is 0 Å². The number of rotatable bonds is 10. The standard InChI is InChI=1S/C21H29N3O6S/c1-14(16-7-8-17-18(11-16)30-19(13-29-17)15-5-6-15)23-31(27,28)10-4-2-3-9-24-12-20(25)22-21(24)26/h7-8,11,14-15,19,23H,2-6,9-10,12-13H2,1H3,(H,22,25,26)/t14-,19?/m1/s1. The van der Waals surface area contributed by atoms with Gasteiger partial charge in [0.25, 0.3) is 0 Å². The second-order valence-corrected chi connectivity index (χ2v) is 10.4. The first kappa shape index (κ1) is 21.9. The van der Waals surface area contributed by atoms with E-state index in [9.17, 15) is 18.0 Å². The number of carbonyl (C=O) groups excluding carboxylic acids is 2. The maximum absolute atomic E-state index is 12.5. The summed E-state index contributed by atoms with van der Waals surface area (Å²) in [5.41, 5.74) is 0.826. The zero-order valence-corrected chi connectivity index (χ0v) is 18.4. The van der Waals surface area contributed by atoms with Crippen LogP contribution in [-0.4, -0.2) is 56.8 Å². The van der Waals surface area contributed by atoms with Crippen molar-refractivity contribution < 1.29 is 27.5 Å². The third-order valence-corrected chi connectivity index (χ3v) is 7.40. The molecule has 170 valence electrons. The van der Waals surface area contributed by atoms with Gasteiger partial charge in [-0.3, -0.25) is 10.1 Å². The van der Waals surface area contributed by atoms with Crippen LogP contribution in [0.15, 0.2) is 18.2 Å². The number of benzene rings is 1. The van der Waals surface area contributed by atoms with E-state index in [-0.39, 0.29) is 36.4 Å². The van der Waals surface area contributed by atoms with Crippen LogP contribution in [-0.2, 0) is 14.8 Å². The van der Waals surface area contributed by atoms with E-state index in [0.29, 0.717) is 49.8 Å². The predicted octanol–water partition coefficient (Wildman–Crippen LogP) is 1.94. The van der Waals surface area contributed by atoms with Crippen LogP contribution in [0.5, 0.6) is 11.5 Å². The molecule has 0 spiro atoms. The van der Waals surface area contributed by atoms with Gasteiger partial charge in [0.15, 0.2) is 11.5 Å². The summed E-state index contributed by atoms with van der Waals surface area (Å²) in [7, 11) is -3.45. The largest absolute Gasteiger partial charge is 0.486 e. The van der Waals surface area contributed by atoms with E-state index in [4.69, 9.17) is 9.47 Å². The molecule has 0 aromatic heterocycles. The van der Waals surface area contributed by atoms with Crippen LogP contribution < -0.4 is 19.5 Å². The number of unbranched alkanes of at least 4 members (excludes halogenated alkanes) is 2. The fraction of sp³-hybridized carbons (Fsp3) is 0.619. The molecule has 9 nitrogen and oxygen atoms in total. The number of fused-ring (bicyclic) bond motifs is 1. The van der Waals surface area contributed by atoms with E-state index < -0.39 is 10.0 Å². The molecule has 2 aliphatic heterocycles. The van der Waals surface area contributed by atoms with E-state index in [1.165, 1.54) is 17.7 Å². The highest BCUT2D eigenvalue weighted by Gasteiger charge is 2.36. The van der Waals surface area contributed by atoms with Crippen molar-refractivity contribution in [2.45, 2.75) is 51.2 Å². The number of hydrogen-bond acceptors (Lipinski definition) is 6. The molecule has 1 saturated heterocycles. The van der Waals surface area contributed by atoms with E-state index in [2.05, 4.69) is 10.0 Å². The van der Waals surface area contributed by atoms with Crippen LogP contribution in [0.25, 0.3) is 0 Å². The van der Waals surface area contributed by atoms with Gasteiger partial charge in [-0.25, -0.2) is 17.9 Å². The second-order valence-electron chi connectivity index (χ2n) is 8.50. The van der Waals surface area contributed by atoms with Gasteiger partial charge in [-0.2, -0.15) is 0 Å². The summed E-state index contributed by atoms with van der Waals surface area (Å²) in [5.74, 6) is 1.65. The summed E-state index contributed by atoms with van der Waals surface area (Å²) in [4.78, 5) is 24.1. The number of nitrogens with zero attached hydrogens (tertiary/aromatic N) is 1. The normalized spacial score (nSPS) is 21.8. The summed E-state index contributed by atoms with van der Waals surface area (Å²) in [6.07, 6.45) is 4.20. The molecule has 4 rings (SSSR count). The minimum Gasteiger partial charge on any atom is -0.486 e. The lowest BCUT2D eigenvalue weighted by Crippen LogP contribution is -2.32. The quantitative estimate of drug-likeness (QED) is 0.415. The van der Waals surface area contributed by atoms with Crippen molar-refractivity contribution in [1.29, 1.82) is 0 Å². The first-order valence-corrected chi connectivity index (χ1v) is 12.5. The number of sulfonamides is 1. The van der Waals surface area contributed by atoms with E-state index >= 15 is 0 Å². The molecule has 1 aliphatic carbocycles. The average Bonchev–Trinajstić information content (AvgIpc) is 3.51. The molecule has 3 aliphatic rings. The van der Waals surface area contributed by atoms with Crippen molar-refractivity contribution >= 4 is 22.0 Å². The third kappa shape index (κ3) is 5.68. The molecule has 0 radical (unpaired) electrons. The third-order valence-electron chi connectivity index (χ3n) is 5.86. The number of urea groups is 1. The Bertz CT molecular complexity index is 946. The minimum atomic E-state index is -3.45. The lowest BCUT2D eigenvalue weighted by molar-refractivity contribution is -0.118.